The summed E-state index contributed by atoms with van der Waals surface area (Å²) in [6.07, 6.45) is 3.68. The summed E-state index contributed by atoms with van der Waals surface area (Å²) in [6.45, 7) is 4.90. The number of carbonyl (C=O) groups is 2. The minimum Gasteiger partial charge on any atom is -0.410 e. The van der Waals surface area contributed by atoms with E-state index in [1.54, 1.807) is 34.2 Å². The van der Waals surface area contributed by atoms with E-state index in [1.165, 1.54) is 0 Å². The van der Waals surface area contributed by atoms with Gasteiger partial charge in [-0.1, -0.05) is 41.9 Å². The molecule has 34 heavy (non-hydrogen) atoms. The monoisotopic (exact) mass is 477 g/mol. The fourth-order valence-electron chi connectivity index (χ4n) is 4.49. The van der Waals surface area contributed by atoms with Crippen molar-refractivity contribution in [3.05, 3.63) is 88.7 Å². The largest absolute Gasteiger partial charge is 0.415 e. The van der Waals surface area contributed by atoms with Gasteiger partial charge in [-0.2, -0.15) is 0 Å². The van der Waals surface area contributed by atoms with Gasteiger partial charge in [-0.15, -0.1) is 0 Å². The van der Waals surface area contributed by atoms with Crippen LogP contribution >= 0.6 is 11.6 Å². The molecule has 0 unspecified atom stereocenters. The van der Waals surface area contributed by atoms with E-state index in [9.17, 15) is 9.59 Å². The predicted octanol–water partition coefficient (Wildman–Crippen LogP) is 5.97. The molecule has 0 bridgehead atoms. The van der Waals surface area contributed by atoms with E-state index >= 15 is 0 Å². The van der Waals surface area contributed by atoms with Crippen LogP contribution in [0.15, 0.2) is 66.9 Å². The number of ether oxygens (including phenoxy) is 1. The van der Waals surface area contributed by atoms with Gasteiger partial charge < -0.3 is 14.5 Å². The second-order valence-electron chi connectivity index (χ2n) is 8.56. The van der Waals surface area contributed by atoms with Gasteiger partial charge in [0.2, 0.25) is 6.41 Å². The summed E-state index contributed by atoms with van der Waals surface area (Å²) in [5.74, 6) is 0.717. The van der Waals surface area contributed by atoms with Gasteiger partial charge in [-0.25, -0.2) is 4.79 Å². The fourth-order valence-corrected chi connectivity index (χ4v) is 4.62. The van der Waals surface area contributed by atoms with Crippen LogP contribution in [0.2, 0.25) is 5.02 Å². The molecule has 1 aliphatic heterocycles. The normalized spacial score (nSPS) is 15.0. The van der Waals surface area contributed by atoms with Crippen molar-refractivity contribution >= 4 is 29.8 Å². The van der Waals surface area contributed by atoms with Crippen molar-refractivity contribution in [3.8, 4) is 5.75 Å². The number of rotatable bonds is 6. The van der Waals surface area contributed by atoms with Gasteiger partial charge in [0.25, 0.3) is 0 Å². The summed E-state index contributed by atoms with van der Waals surface area (Å²) >= 11 is 6.07. The van der Waals surface area contributed by atoms with Crippen molar-refractivity contribution < 1.29 is 14.3 Å². The Morgan fingerprint density at radius 2 is 1.76 bits per heavy atom. The average Bonchev–Trinajstić information content (AvgIpc) is 2.86. The second kappa shape index (κ2) is 10.7. The summed E-state index contributed by atoms with van der Waals surface area (Å²) in [5.41, 5.74) is 3.55. The number of aryl methyl sites for hydroxylation is 1. The van der Waals surface area contributed by atoms with Gasteiger partial charge in [-0.05, 0) is 68.5 Å². The molecule has 176 valence electrons. The number of amides is 2. The van der Waals surface area contributed by atoms with Crippen molar-refractivity contribution in [1.29, 1.82) is 0 Å². The number of piperidine rings is 1. The number of pyridine rings is 1. The number of likely N-dealkylation sites (tertiary alicyclic amines) is 1. The maximum atomic E-state index is 12.8. The molecule has 6 nitrogen and oxygen atoms in total. The molecule has 2 amide bonds. The number of carbonyl (C=O) groups excluding carboxylic acids is 2. The third-order valence-electron chi connectivity index (χ3n) is 6.53. The van der Waals surface area contributed by atoms with E-state index in [4.69, 9.17) is 16.3 Å². The summed E-state index contributed by atoms with van der Waals surface area (Å²) < 4.78 is 5.66. The number of anilines is 1. The molecular weight excluding hydrogens is 450 g/mol. The Bertz CT molecular complexity index is 1130. The Morgan fingerprint density at radius 3 is 2.41 bits per heavy atom. The Morgan fingerprint density at radius 1 is 1.09 bits per heavy atom. The molecule has 1 saturated heterocycles. The quantitative estimate of drug-likeness (QED) is 0.410. The van der Waals surface area contributed by atoms with Crippen LogP contribution in [0.25, 0.3) is 0 Å². The standard InChI is InChI=1S/C27H28ClN3O3/c1-19-20(2)29-15-12-25(19)34-27(33)30-16-13-22(14-17-30)26(21-6-4-3-5-7-21)31(18-32)24-10-8-23(28)9-11-24/h3-12,15,18,22,26H,13-14,16-17H2,1-2H3/t26-/m1/s1. The highest BCUT2D eigenvalue weighted by Gasteiger charge is 2.34. The molecular formula is C27H28ClN3O3. The smallest absolute Gasteiger partial charge is 0.410 e. The zero-order valence-corrected chi connectivity index (χ0v) is 20.1. The lowest BCUT2D eigenvalue weighted by Gasteiger charge is -2.40. The molecule has 0 aliphatic carbocycles. The number of nitrogens with zero attached hydrogens (tertiary/aromatic N) is 3. The summed E-state index contributed by atoms with van der Waals surface area (Å²) in [7, 11) is 0. The van der Waals surface area contributed by atoms with Gasteiger partial charge >= 0.3 is 6.09 Å². The first-order valence-corrected chi connectivity index (χ1v) is 11.8. The molecule has 0 saturated carbocycles. The first-order chi connectivity index (χ1) is 16.5. The summed E-state index contributed by atoms with van der Waals surface area (Å²) in [4.78, 5) is 32.8. The molecule has 4 rings (SSSR count). The third-order valence-corrected chi connectivity index (χ3v) is 6.78. The van der Waals surface area contributed by atoms with E-state index < -0.39 is 0 Å². The molecule has 7 heteroatoms. The van der Waals surface area contributed by atoms with Gasteiger partial charge in [0.15, 0.2) is 0 Å². The van der Waals surface area contributed by atoms with Crippen LogP contribution in [0.4, 0.5) is 10.5 Å². The minimum absolute atomic E-state index is 0.150. The lowest BCUT2D eigenvalue weighted by Crippen LogP contribution is -2.44. The number of hydrogen-bond acceptors (Lipinski definition) is 4. The Balaban J connectivity index is 1.51. The van der Waals surface area contributed by atoms with Gasteiger partial charge in [0, 0.05) is 41.3 Å². The molecule has 0 spiro atoms. The van der Waals surface area contributed by atoms with Crippen LogP contribution in [-0.2, 0) is 4.79 Å². The van der Waals surface area contributed by atoms with Gasteiger partial charge in [0.1, 0.15) is 5.75 Å². The van der Waals surface area contributed by atoms with Crippen LogP contribution in [0, 0.1) is 19.8 Å². The molecule has 1 aliphatic rings. The van der Waals surface area contributed by atoms with Crippen molar-refractivity contribution in [2.45, 2.75) is 32.7 Å². The Kier molecular flexibility index (Phi) is 7.48. The van der Waals surface area contributed by atoms with E-state index in [-0.39, 0.29) is 18.1 Å². The second-order valence-corrected chi connectivity index (χ2v) is 8.99. The lowest BCUT2D eigenvalue weighted by atomic mass is 9.84. The van der Waals surface area contributed by atoms with E-state index in [0.717, 1.165) is 41.8 Å². The highest BCUT2D eigenvalue weighted by Crippen LogP contribution is 2.38. The van der Waals surface area contributed by atoms with Crippen molar-refractivity contribution in [3.63, 3.8) is 0 Å². The molecule has 1 fully saturated rings. The zero-order valence-electron chi connectivity index (χ0n) is 19.4. The molecule has 0 radical (unpaired) electrons. The van der Waals surface area contributed by atoms with Crippen LogP contribution < -0.4 is 9.64 Å². The summed E-state index contributed by atoms with van der Waals surface area (Å²) in [6, 6.07) is 18.9. The topological polar surface area (TPSA) is 62.7 Å². The Labute approximate surface area is 205 Å². The molecule has 1 aromatic heterocycles. The molecule has 2 aromatic carbocycles. The average molecular weight is 478 g/mol. The minimum atomic E-state index is -0.353. The van der Waals surface area contributed by atoms with Crippen LogP contribution in [0.1, 0.15) is 35.7 Å². The maximum absolute atomic E-state index is 12.8. The van der Waals surface area contributed by atoms with E-state index in [1.807, 2.05) is 56.3 Å². The molecule has 2 heterocycles. The highest BCUT2D eigenvalue weighted by atomic mass is 35.5. The Hall–Kier alpha value is -3.38. The molecule has 0 N–H and O–H groups in total. The van der Waals surface area contributed by atoms with Crippen LogP contribution in [-0.4, -0.2) is 35.5 Å². The highest BCUT2D eigenvalue weighted by molar-refractivity contribution is 6.30. The van der Waals surface area contributed by atoms with Crippen molar-refractivity contribution in [2.75, 3.05) is 18.0 Å². The predicted molar refractivity (Wildman–Crippen MR) is 133 cm³/mol. The van der Waals surface area contributed by atoms with Gasteiger partial charge in [0.05, 0.1) is 6.04 Å². The SMILES string of the molecule is Cc1nccc(OC(=O)N2CCC([C@@H](c3ccccc3)N(C=O)c3ccc(Cl)cc3)CC2)c1C. The van der Waals surface area contributed by atoms with Crippen LogP contribution in [0.3, 0.4) is 0 Å². The summed E-state index contributed by atoms with van der Waals surface area (Å²) in [5, 5.41) is 0.623. The van der Waals surface area contributed by atoms with Gasteiger partial charge in [-0.3, -0.25) is 9.78 Å². The number of benzene rings is 2. The number of halogens is 1. The van der Waals surface area contributed by atoms with Crippen molar-refractivity contribution in [2.24, 2.45) is 5.92 Å². The fraction of sp³-hybridized carbons (Fsp3) is 0.296. The first-order valence-electron chi connectivity index (χ1n) is 11.4. The number of aromatic nitrogens is 1. The lowest BCUT2D eigenvalue weighted by molar-refractivity contribution is -0.108. The third kappa shape index (κ3) is 5.23. The van der Waals surface area contributed by atoms with E-state index in [0.29, 0.717) is 23.9 Å². The molecule has 3 aromatic rings. The van der Waals surface area contributed by atoms with E-state index in [2.05, 4.69) is 4.98 Å². The number of hydrogen-bond donors (Lipinski definition) is 0. The molecule has 1 atom stereocenters. The van der Waals surface area contributed by atoms with Crippen molar-refractivity contribution in [1.82, 2.24) is 9.88 Å². The maximum Gasteiger partial charge on any atom is 0.415 e. The van der Waals surface area contributed by atoms with Crippen LogP contribution in [0.5, 0.6) is 5.75 Å². The zero-order chi connectivity index (χ0) is 24.1. The first kappa shape index (κ1) is 23.8.